The highest BCUT2D eigenvalue weighted by Crippen LogP contribution is 2.32. The number of hydrogen-bond acceptors (Lipinski definition) is 4. The number of likely N-dealkylation sites (tertiary alicyclic amines) is 1. The quantitative estimate of drug-likeness (QED) is 0.647. The van der Waals surface area contributed by atoms with Crippen LogP contribution < -0.4 is 14.8 Å². The third kappa shape index (κ3) is 4.42. The minimum atomic E-state index is -0.121. The molecule has 1 heterocycles. The number of amides is 2. The molecule has 0 bridgehead atoms. The van der Waals surface area contributed by atoms with Gasteiger partial charge in [0.15, 0.2) is 11.5 Å². The Morgan fingerprint density at radius 1 is 1.19 bits per heavy atom. The van der Waals surface area contributed by atoms with Crippen LogP contribution >= 0.6 is 22.6 Å². The van der Waals surface area contributed by atoms with Crippen LogP contribution in [0.2, 0.25) is 0 Å². The normalized spacial score (nSPS) is 19.8. The van der Waals surface area contributed by atoms with Gasteiger partial charge in [0.05, 0.1) is 25.7 Å². The van der Waals surface area contributed by atoms with E-state index in [4.69, 9.17) is 9.47 Å². The van der Waals surface area contributed by atoms with Gasteiger partial charge in [-0.05, 0) is 66.3 Å². The molecule has 1 aromatic rings. The maximum atomic E-state index is 13.0. The first-order valence-corrected chi connectivity index (χ1v) is 10.1. The molecule has 2 aliphatic rings. The lowest BCUT2D eigenvalue weighted by atomic mass is 9.96. The van der Waals surface area contributed by atoms with Gasteiger partial charge in [-0.2, -0.15) is 0 Å². The molecular weight excluding hydrogens is 447 g/mol. The molecule has 1 unspecified atom stereocenters. The zero-order valence-electron chi connectivity index (χ0n) is 15.2. The summed E-state index contributed by atoms with van der Waals surface area (Å²) < 4.78 is 11.4. The summed E-state index contributed by atoms with van der Waals surface area (Å²) in [5.74, 6) is 1.70. The van der Waals surface area contributed by atoms with Crippen molar-refractivity contribution < 1.29 is 19.1 Å². The fraction of sp³-hybridized carbons (Fsp3) is 0.579. The molecule has 3 rings (SSSR count). The van der Waals surface area contributed by atoms with E-state index in [2.05, 4.69) is 27.9 Å². The second-order valence-electron chi connectivity index (χ2n) is 6.97. The largest absolute Gasteiger partial charge is 0.493 e. The van der Waals surface area contributed by atoms with Crippen molar-refractivity contribution in [3.63, 3.8) is 0 Å². The highest BCUT2D eigenvalue weighted by atomic mass is 127. The van der Waals surface area contributed by atoms with Crippen molar-refractivity contribution in [1.29, 1.82) is 0 Å². The predicted molar refractivity (Wildman–Crippen MR) is 107 cm³/mol. The van der Waals surface area contributed by atoms with Gasteiger partial charge in [-0.1, -0.05) is 0 Å². The van der Waals surface area contributed by atoms with Crippen molar-refractivity contribution in [3.05, 3.63) is 21.3 Å². The molecule has 1 aliphatic heterocycles. The Morgan fingerprint density at radius 2 is 1.88 bits per heavy atom. The van der Waals surface area contributed by atoms with E-state index in [1.165, 1.54) is 12.8 Å². The van der Waals surface area contributed by atoms with Crippen LogP contribution in [0.25, 0.3) is 0 Å². The summed E-state index contributed by atoms with van der Waals surface area (Å²) in [4.78, 5) is 27.2. The Bertz CT molecular complexity index is 690. The van der Waals surface area contributed by atoms with E-state index in [9.17, 15) is 9.59 Å². The Balaban J connectivity index is 1.69. The fourth-order valence-electron chi connectivity index (χ4n) is 3.28. The number of nitrogens with one attached hydrogen (secondary N) is 1. The van der Waals surface area contributed by atoms with Gasteiger partial charge in [-0.3, -0.25) is 9.59 Å². The summed E-state index contributed by atoms with van der Waals surface area (Å²) in [7, 11) is 3.13. The first-order valence-electron chi connectivity index (χ1n) is 9.02. The second kappa shape index (κ2) is 8.45. The van der Waals surface area contributed by atoms with Crippen LogP contribution in [0.15, 0.2) is 12.1 Å². The molecule has 26 heavy (non-hydrogen) atoms. The number of hydrogen-bond donors (Lipinski definition) is 1. The Labute approximate surface area is 167 Å². The van der Waals surface area contributed by atoms with Crippen molar-refractivity contribution in [2.75, 3.05) is 33.9 Å². The van der Waals surface area contributed by atoms with Crippen molar-refractivity contribution >= 4 is 34.4 Å². The zero-order chi connectivity index (χ0) is 18.7. The van der Waals surface area contributed by atoms with E-state index < -0.39 is 0 Å². The van der Waals surface area contributed by atoms with Gasteiger partial charge in [0.25, 0.3) is 5.91 Å². The Hall–Kier alpha value is -1.51. The number of nitrogens with zero attached hydrogens (tertiary/aromatic N) is 1. The maximum Gasteiger partial charge on any atom is 0.255 e. The molecule has 1 saturated heterocycles. The van der Waals surface area contributed by atoms with E-state index in [0.717, 1.165) is 23.0 Å². The summed E-state index contributed by atoms with van der Waals surface area (Å²) in [6.45, 7) is 1.92. The summed E-state index contributed by atoms with van der Waals surface area (Å²) in [6.07, 6.45) is 4.11. The maximum absolute atomic E-state index is 13.0. The van der Waals surface area contributed by atoms with Gasteiger partial charge in [0.1, 0.15) is 0 Å². The van der Waals surface area contributed by atoms with Crippen molar-refractivity contribution in [2.45, 2.75) is 25.7 Å². The van der Waals surface area contributed by atoms with E-state index in [1.807, 2.05) is 0 Å². The number of halogens is 1. The Kier molecular flexibility index (Phi) is 6.26. The smallest absolute Gasteiger partial charge is 0.255 e. The molecule has 6 nitrogen and oxygen atoms in total. The lowest BCUT2D eigenvalue weighted by molar-refractivity contribution is -0.126. The number of rotatable bonds is 6. The molecule has 7 heteroatoms. The average Bonchev–Trinajstić information content (AvgIpc) is 3.49. The number of piperidine rings is 1. The molecule has 2 fully saturated rings. The van der Waals surface area contributed by atoms with E-state index in [-0.39, 0.29) is 17.7 Å². The first-order chi connectivity index (χ1) is 12.5. The number of carbonyl (C=O) groups is 2. The lowest BCUT2D eigenvalue weighted by Crippen LogP contribution is -2.46. The molecule has 0 spiro atoms. The minimum Gasteiger partial charge on any atom is -0.493 e. The number of methoxy groups -OCH3 is 2. The molecule has 1 aliphatic carbocycles. The van der Waals surface area contributed by atoms with Crippen molar-refractivity contribution in [2.24, 2.45) is 11.8 Å². The molecular formula is C19H25IN2O4. The molecule has 1 atom stereocenters. The summed E-state index contributed by atoms with van der Waals surface area (Å²) >= 11 is 2.14. The zero-order valence-corrected chi connectivity index (χ0v) is 17.4. The molecule has 0 radical (unpaired) electrons. The third-order valence-electron chi connectivity index (χ3n) is 5.04. The van der Waals surface area contributed by atoms with Gasteiger partial charge < -0.3 is 19.7 Å². The van der Waals surface area contributed by atoms with Crippen LogP contribution in [-0.4, -0.2) is 50.6 Å². The summed E-state index contributed by atoms with van der Waals surface area (Å²) in [5, 5.41) is 3.04. The van der Waals surface area contributed by atoms with Crippen LogP contribution in [0.4, 0.5) is 0 Å². The summed E-state index contributed by atoms with van der Waals surface area (Å²) in [6, 6.07) is 3.52. The lowest BCUT2D eigenvalue weighted by Gasteiger charge is -2.32. The highest BCUT2D eigenvalue weighted by Gasteiger charge is 2.31. The topological polar surface area (TPSA) is 67.9 Å². The molecule has 0 aromatic heterocycles. The van der Waals surface area contributed by atoms with Crippen molar-refractivity contribution in [3.8, 4) is 11.5 Å². The molecule has 1 saturated carbocycles. The van der Waals surface area contributed by atoms with Gasteiger partial charge in [-0.15, -0.1) is 0 Å². The number of benzene rings is 1. The second-order valence-corrected chi connectivity index (χ2v) is 8.13. The van der Waals surface area contributed by atoms with Crippen LogP contribution in [0.3, 0.4) is 0 Å². The number of ether oxygens (including phenoxy) is 2. The molecule has 1 aromatic carbocycles. The van der Waals surface area contributed by atoms with Crippen LogP contribution in [0.1, 0.15) is 36.0 Å². The molecule has 1 N–H and O–H groups in total. The van der Waals surface area contributed by atoms with Gasteiger partial charge in [-0.25, -0.2) is 0 Å². The van der Waals surface area contributed by atoms with Gasteiger partial charge in [0, 0.05) is 23.2 Å². The minimum absolute atomic E-state index is 0.0601. The standard InChI is InChI=1S/C19H25IN2O4/c1-25-16-8-14(15(20)9-17(16)26-2)19(24)22-7-3-4-13(11-22)18(23)21-10-12-5-6-12/h8-9,12-13H,3-7,10-11H2,1-2H3,(H,21,23). The van der Waals surface area contributed by atoms with Crippen molar-refractivity contribution in [1.82, 2.24) is 10.2 Å². The van der Waals surface area contributed by atoms with Gasteiger partial charge >= 0.3 is 0 Å². The summed E-state index contributed by atoms with van der Waals surface area (Å²) in [5.41, 5.74) is 0.585. The van der Waals surface area contributed by atoms with Crippen LogP contribution in [0.5, 0.6) is 11.5 Å². The van der Waals surface area contributed by atoms with Gasteiger partial charge in [0.2, 0.25) is 5.91 Å². The van der Waals surface area contributed by atoms with Crippen LogP contribution in [0, 0.1) is 15.4 Å². The highest BCUT2D eigenvalue weighted by molar-refractivity contribution is 14.1. The molecule has 2 amide bonds. The van der Waals surface area contributed by atoms with E-state index in [1.54, 1.807) is 31.3 Å². The SMILES string of the molecule is COc1cc(I)c(C(=O)N2CCCC(C(=O)NCC3CC3)C2)cc1OC. The van der Waals surface area contributed by atoms with Crippen LogP contribution in [-0.2, 0) is 4.79 Å². The average molecular weight is 472 g/mol. The van der Waals surface area contributed by atoms with E-state index >= 15 is 0 Å². The Morgan fingerprint density at radius 3 is 2.54 bits per heavy atom. The fourth-order valence-corrected chi connectivity index (χ4v) is 3.94. The first kappa shape index (κ1) is 19.3. The number of carbonyl (C=O) groups excluding carboxylic acids is 2. The van der Waals surface area contributed by atoms with E-state index in [0.29, 0.717) is 36.1 Å². The third-order valence-corrected chi connectivity index (χ3v) is 5.94. The molecule has 142 valence electrons. The predicted octanol–water partition coefficient (Wildman–Crippen LogP) is 2.69. The monoisotopic (exact) mass is 472 g/mol.